The minimum Gasteiger partial charge on any atom is -0.453 e. The van der Waals surface area contributed by atoms with Gasteiger partial charge < -0.3 is 9.47 Å². The van der Waals surface area contributed by atoms with Crippen molar-refractivity contribution in [2.45, 2.75) is 0 Å². The van der Waals surface area contributed by atoms with Crippen molar-refractivity contribution in [1.82, 2.24) is 4.98 Å². The Morgan fingerprint density at radius 3 is 2.87 bits per heavy atom. The van der Waals surface area contributed by atoms with Crippen molar-refractivity contribution in [3.8, 4) is 23.8 Å². The molecule has 1 aliphatic rings. The van der Waals surface area contributed by atoms with Gasteiger partial charge in [0.25, 0.3) is 0 Å². The number of para-hydroxylation sites is 1. The van der Waals surface area contributed by atoms with E-state index in [1.54, 1.807) is 0 Å². The van der Waals surface area contributed by atoms with E-state index in [0.29, 0.717) is 17.2 Å². The van der Waals surface area contributed by atoms with E-state index < -0.39 is 0 Å². The number of pyridine rings is 1. The third-order valence-electron chi connectivity index (χ3n) is 2.35. The molecule has 0 bridgehead atoms. The van der Waals surface area contributed by atoms with E-state index in [4.69, 9.17) is 15.9 Å². The highest BCUT2D eigenvalue weighted by molar-refractivity contribution is 5.89. The van der Waals surface area contributed by atoms with Gasteiger partial charge in [-0.15, -0.1) is 6.42 Å². The Morgan fingerprint density at radius 1 is 1.20 bits per heavy atom. The van der Waals surface area contributed by atoms with Gasteiger partial charge in [-0.25, -0.2) is 4.98 Å². The molecule has 0 N–H and O–H groups in total. The van der Waals surface area contributed by atoms with Crippen LogP contribution in [-0.4, -0.2) is 11.8 Å². The summed E-state index contributed by atoms with van der Waals surface area (Å²) in [7, 11) is 0. The van der Waals surface area contributed by atoms with Gasteiger partial charge >= 0.3 is 0 Å². The van der Waals surface area contributed by atoms with Gasteiger partial charge in [-0.05, 0) is 18.1 Å². The number of hydrogen-bond acceptors (Lipinski definition) is 3. The molecule has 0 amide bonds. The molecule has 2 aromatic rings. The van der Waals surface area contributed by atoms with E-state index >= 15 is 0 Å². The fourth-order valence-electron chi connectivity index (χ4n) is 1.69. The fourth-order valence-corrected chi connectivity index (χ4v) is 1.69. The first-order valence-electron chi connectivity index (χ1n) is 4.55. The maximum atomic E-state index is 5.40. The van der Waals surface area contributed by atoms with Crippen LogP contribution in [-0.2, 0) is 0 Å². The Bertz CT molecular complexity index is 584. The lowest BCUT2D eigenvalue weighted by Crippen LogP contribution is -1.93. The molecule has 3 nitrogen and oxygen atoms in total. The normalized spacial score (nSPS) is 12.7. The summed E-state index contributed by atoms with van der Waals surface area (Å²) >= 11 is 0. The van der Waals surface area contributed by atoms with Crippen molar-refractivity contribution in [1.29, 1.82) is 0 Å². The zero-order valence-corrected chi connectivity index (χ0v) is 7.86. The lowest BCUT2D eigenvalue weighted by Gasteiger charge is -2.03. The van der Waals surface area contributed by atoms with Gasteiger partial charge in [0, 0.05) is 5.39 Å². The third kappa shape index (κ3) is 1.05. The van der Waals surface area contributed by atoms with E-state index in [-0.39, 0.29) is 6.79 Å². The Hall–Kier alpha value is -2.21. The second kappa shape index (κ2) is 2.89. The van der Waals surface area contributed by atoms with Gasteiger partial charge in [0.1, 0.15) is 0 Å². The Morgan fingerprint density at radius 2 is 2.00 bits per heavy atom. The standard InChI is InChI=1S/C12H7NO2/c1-2-9-12-11(14-7-15-12)8-5-3-4-6-10(8)13-9/h1,3-6H,7H2. The lowest BCUT2D eigenvalue weighted by molar-refractivity contribution is 0.174. The van der Waals surface area contributed by atoms with E-state index in [9.17, 15) is 0 Å². The highest BCUT2D eigenvalue weighted by Gasteiger charge is 2.21. The summed E-state index contributed by atoms with van der Waals surface area (Å²) in [6.45, 7) is 0.208. The topological polar surface area (TPSA) is 31.4 Å². The molecule has 0 atom stereocenters. The molecule has 1 aliphatic heterocycles. The summed E-state index contributed by atoms with van der Waals surface area (Å²) in [6.07, 6.45) is 5.37. The highest BCUT2D eigenvalue weighted by Crippen LogP contribution is 2.40. The predicted molar refractivity (Wildman–Crippen MR) is 55.8 cm³/mol. The molecule has 1 aromatic heterocycles. The number of nitrogens with zero attached hydrogens (tertiary/aromatic N) is 1. The molecule has 72 valence electrons. The smallest absolute Gasteiger partial charge is 0.231 e. The third-order valence-corrected chi connectivity index (χ3v) is 2.35. The molecule has 0 fully saturated rings. The number of fused-ring (bicyclic) bond motifs is 3. The van der Waals surface area contributed by atoms with Crippen molar-refractivity contribution in [2.75, 3.05) is 6.79 Å². The zero-order chi connectivity index (χ0) is 10.3. The summed E-state index contributed by atoms with van der Waals surface area (Å²) in [5.74, 6) is 3.79. The van der Waals surface area contributed by atoms with Gasteiger partial charge in [-0.2, -0.15) is 0 Å². The molecule has 1 aromatic carbocycles. The van der Waals surface area contributed by atoms with E-state index in [1.165, 1.54) is 0 Å². The summed E-state index contributed by atoms with van der Waals surface area (Å²) in [5, 5.41) is 0.934. The minimum atomic E-state index is 0.208. The first-order chi connectivity index (χ1) is 7.40. The maximum absolute atomic E-state index is 5.40. The van der Waals surface area contributed by atoms with Gasteiger partial charge in [0.15, 0.2) is 11.4 Å². The van der Waals surface area contributed by atoms with Gasteiger partial charge in [0.05, 0.1) is 5.52 Å². The Balaban J connectivity index is 2.46. The number of benzene rings is 1. The summed E-state index contributed by atoms with van der Waals surface area (Å²) in [4.78, 5) is 4.32. The van der Waals surface area contributed by atoms with E-state index in [1.807, 2.05) is 24.3 Å². The molecule has 2 heterocycles. The average Bonchev–Trinajstić information content (AvgIpc) is 2.77. The van der Waals surface area contributed by atoms with Gasteiger partial charge in [0.2, 0.25) is 12.5 Å². The molecular formula is C12H7NO2. The quantitative estimate of drug-likeness (QED) is 0.605. The van der Waals surface area contributed by atoms with Crippen molar-refractivity contribution < 1.29 is 9.47 Å². The number of terminal acetylenes is 1. The number of rotatable bonds is 0. The van der Waals surface area contributed by atoms with E-state index in [0.717, 1.165) is 10.9 Å². The number of aromatic nitrogens is 1. The summed E-state index contributed by atoms with van der Waals surface area (Å²) in [5.41, 5.74) is 1.33. The van der Waals surface area contributed by atoms with Crippen LogP contribution in [0.5, 0.6) is 11.5 Å². The van der Waals surface area contributed by atoms with Gasteiger partial charge in [-0.3, -0.25) is 0 Å². The monoisotopic (exact) mass is 197 g/mol. The van der Waals surface area contributed by atoms with Crippen LogP contribution in [0.15, 0.2) is 24.3 Å². The van der Waals surface area contributed by atoms with Crippen LogP contribution in [0.3, 0.4) is 0 Å². The van der Waals surface area contributed by atoms with Crippen LogP contribution in [0.2, 0.25) is 0 Å². The number of ether oxygens (including phenoxy) is 2. The van der Waals surface area contributed by atoms with Gasteiger partial charge in [-0.1, -0.05) is 12.1 Å². The molecule has 0 aliphatic carbocycles. The Kier molecular flexibility index (Phi) is 1.57. The molecule has 0 saturated carbocycles. The second-order valence-corrected chi connectivity index (χ2v) is 3.19. The Labute approximate surface area is 86.6 Å². The number of hydrogen-bond donors (Lipinski definition) is 0. The van der Waals surface area contributed by atoms with Crippen LogP contribution in [0.4, 0.5) is 0 Å². The molecule has 3 rings (SSSR count). The second-order valence-electron chi connectivity index (χ2n) is 3.19. The largest absolute Gasteiger partial charge is 0.453 e. The summed E-state index contributed by atoms with van der Waals surface area (Å²) in [6, 6.07) is 7.69. The van der Waals surface area contributed by atoms with Crippen molar-refractivity contribution in [2.24, 2.45) is 0 Å². The maximum Gasteiger partial charge on any atom is 0.231 e. The van der Waals surface area contributed by atoms with Crippen LogP contribution in [0.1, 0.15) is 5.69 Å². The summed E-state index contributed by atoms with van der Waals surface area (Å²) < 4.78 is 10.7. The van der Waals surface area contributed by atoms with Crippen LogP contribution in [0.25, 0.3) is 10.9 Å². The van der Waals surface area contributed by atoms with E-state index in [2.05, 4.69) is 10.9 Å². The SMILES string of the molecule is C#Cc1nc2ccccc2c2c1OCO2. The molecule has 3 heteroatoms. The molecule has 0 saturated heterocycles. The van der Waals surface area contributed by atoms with Crippen molar-refractivity contribution in [3.63, 3.8) is 0 Å². The van der Waals surface area contributed by atoms with Crippen LogP contribution < -0.4 is 9.47 Å². The zero-order valence-electron chi connectivity index (χ0n) is 7.86. The minimum absolute atomic E-state index is 0.208. The molecular weight excluding hydrogens is 190 g/mol. The van der Waals surface area contributed by atoms with Crippen LogP contribution in [0, 0.1) is 12.3 Å². The average molecular weight is 197 g/mol. The molecule has 0 radical (unpaired) electrons. The van der Waals surface area contributed by atoms with Crippen molar-refractivity contribution >= 4 is 10.9 Å². The first kappa shape index (κ1) is 8.13. The molecule has 0 unspecified atom stereocenters. The lowest BCUT2D eigenvalue weighted by atomic mass is 10.1. The highest BCUT2D eigenvalue weighted by atomic mass is 16.7. The fraction of sp³-hybridized carbons (Fsp3) is 0.0833. The van der Waals surface area contributed by atoms with Crippen LogP contribution >= 0.6 is 0 Å². The first-order valence-corrected chi connectivity index (χ1v) is 4.55. The predicted octanol–water partition coefficient (Wildman–Crippen LogP) is 1.94. The van der Waals surface area contributed by atoms with Crippen molar-refractivity contribution in [3.05, 3.63) is 30.0 Å². The molecule has 0 spiro atoms. The molecule has 15 heavy (non-hydrogen) atoms.